The number of aliphatic hydroxyl groups is 1. The number of fused-ring (bicyclic) bond motifs is 2. The molecule has 0 radical (unpaired) electrons. The van der Waals surface area contributed by atoms with E-state index < -0.39 is 0 Å². The normalized spacial score (nSPS) is 47.9. The van der Waals surface area contributed by atoms with E-state index in [1.54, 1.807) is 0 Å². The third-order valence-corrected chi connectivity index (χ3v) is 3.07. The molecule has 0 saturated carbocycles. The fourth-order valence-electron chi connectivity index (χ4n) is 2.38. The minimum atomic E-state index is -0.00583. The van der Waals surface area contributed by atoms with Gasteiger partial charge in [-0.15, -0.1) is 0 Å². The van der Waals surface area contributed by atoms with Gasteiger partial charge in [0.2, 0.25) is 0 Å². The van der Waals surface area contributed by atoms with Crippen molar-refractivity contribution < 1.29 is 5.11 Å². The van der Waals surface area contributed by atoms with Crippen LogP contribution < -0.4 is 0 Å². The number of hydrogen-bond acceptors (Lipinski definition) is 2. The van der Waals surface area contributed by atoms with Crippen LogP contribution in [0, 0.1) is 0 Å². The predicted molar refractivity (Wildman–Crippen MR) is 42.4 cm³/mol. The molecule has 0 aliphatic carbocycles. The summed E-state index contributed by atoms with van der Waals surface area (Å²) < 4.78 is 0. The Kier molecular flexibility index (Phi) is 1.50. The molecular weight excluding hydrogens is 125 g/mol. The molecule has 0 unspecified atom stereocenters. The Morgan fingerprint density at radius 2 is 1.70 bits per heavy atom. The maximum Gasteiger partial charge on any atom is 0.186 e. The Hall–Kier alpha value is -0.0151. The number of hydrogen-bond donors (Lipinski definition) is 1. The van der Waals surface area contributed by atoms with E-state index in [2.05, 4.69) is 12.8 Å². The van der Waals surface area contributed by atoms with Crippen LogP contribution in [0.3, 0.4) is 0 Å². The van der Waals surface area contributed by atoms with Crippen molar-refractivity contribution in [3.05, 3.63) is 0 Å². The molecule has 3 heteroatoms. The maximum atomic E-state index is 9.38. The minimum Gasteiger partial charge on any atom is -0.393 e. The van der Waals surface area contributed by atoms with E-state index in [4.69, 9.17) is 0 Å². The van der Waals surface area contributed by atoms with Gasteiger partial charge in [0.15, 0.2) is 7.98 Å². The summed E-state index contributed by atoms with van der Waals surface area (Å²) in [4.78, 5) is 2.44. The first-order chi connectivity index (χ1) is 4.77. The van der Waals surface area contributed by atoms with E-state index in [1.807, 2.05) is 0 Å². The van der Waals surface area contributed by atoms with Gasteiger partial charge in [-0.3, -0.25) is 0 Å². The third kappa shape index (κ3) is 0.885. The van der Waals surface area contributed by atoms with Crippen LogP contribution in [0.4, 0.5) is 0 Å². The average Bonchev–Trinajstić information content (AvgIpc) is 2.20. The first kappa shape index (κ1) is 6.68. The molecule has 3 atom stereocenters. The molecule has 2 saturated heterocycles. The van der Waals surface area contributed by atoms with Crippen molar-refractivity contribution in [3.8, 4) is 0 Å². The summed E-state index contributed by atoms with van der Waals surface area (Å²) in [6, 6.07) is 1.38. The molecule has 2 heterocycles. The van der Waals surface area contributed by atoms with Gasteiger partial charge in [0.25, 0.3) is 0 Å². The fraction of sp³-hybridized carbons (Fsp3) is 1.00. The SMILES string of the molecule is BN1[C@@H]2CC[C@H]1C[C@H](O)C2. The van der Waals surface area contributed by atoms with Gasteiger partial charge in [-0.1, -0.05) is 0 Å². The van der Waals surface area contributed by atoms with Crippen molar-refractivity contribution in [1.82, 2.24) is 4.81 Å². The summed E-state index contributed by atoms with van der Waals surface area (Å²) in [5.41, 5.74) is 0. The number of aliphatic hydroxyl groups excluding tert-OH is 1. The molecular formula is C7H14BNO. The van der Waals surface area contributed by atoms with Crippen LogP contribution in [-0.2, 0) is 0 Å². The van der Waals surface area contributed by atoms with E-state index in [-0.39, 0.29) is 6.10 Å². The van der Waals surface area contributed by atoms with E-state index in [0.717, 1.165) is 12.8 Å². The molecule has 10 heavy (non-hydrogen) atoms. The second-order valence-corrected chi connectivity index (χ2v) is 3.68. The van der Waals surface area contributed by atoms with Gasteiger partial charge < -0.3 is 9.92 Å². The zero-order chi connectivity index (χ0) is 7.14. The summed E-state index contributed by atoms with van der Waals surface area (Å²) in [6.07, 6.45) is 4.62. The lowest BCUT2D eigenvalue weighted by Crippen LogP contribution is -2.42. The molecule has 2 bridgehead atoms. The first-order valence-corrected chi connectivity index (χ1v) is 4.17. The van der Waals surface area contributed by atoms with Crippen molar-refractivity contribution >= 4 is 7.98 Å². The highest BCUT2D eigenvalue weighted by Gasteiger charge is 2.36. The monoisotopic (exact) mass is 139 g/mol. The van der Waals surface area contributed by atoms with E-state index in [9.17, 15) is 5.11 Å². The lowest BCUT2D eigenvalue weighted by atomic mass is 9.97. The summed E-state index contributed by atoms with van der Waals surface area (Å²) in [5, 5.41) is 9.38. The molecule has 0 amide bonds. The van der Waals surface area contributed by atoms with Crippen molar-refractivity contribution in [3.63, 3.8) is 0 Å². The van der Waals surface area contributed by atoms with Crippen molar-refractivity contribution in [2.75, 3.05) is 0 Å². The Morgan fingerprint density at radius 1 is 1.20 bits per heavy atom. The Bertz CT molecular complexity index is 128. The molecule has 0 aromatic carbocycles. The summed E-state index contributed by atoms with van der Waals surface area (Å²) in [7, 11) is 2.19. The first-order valence-electron chi connectivity index (χ1n) is 4.17. The van der Waals surface area contributed by atoms with E-state index >= 15 is 0 Å². The van der Waals surface area contributed by atoms with Crippen molar-refractivity contribution in [2.24, 2.45) is 0 Å². The number of piperidine rings is 1. The van der Waals surface area contributed by atoms with Gasteiger partial charge in [0.1, 0.15) is 0 Å². The number of nitrogens with zero attached hydrogens (tertiary/aromatic N) is 1. The van der Waals surface area contributed by atoms with Crippen LogP contribution in [0.2, 0.25) is 0 Å². The van der Waals surface area contributed by atoms with Gasteiger partial charge >= 0.3 is 0 Å². The molecule has 0 aromatic rings. The topological polar surface area (TPSA) is 23.5 Å². The molecule has 0 aromatic heterocycles. The van der Waals surface area contributed by atoms with E-state index in [0.29, 0.717) is 12.1 Å². The zero-order valence-electron chi connectivity index (χ0n) is 6.45. The van der Waals surface area contributed by atoms with Crippen LogP contribution >= 0.6 is 0 Å². The Labute approximate surface area is 62.6 Å². The fourth-order valence-corrected chi connectivity index (χ4v) is 2.38. The van der Waals surface area contributed by atoms with Crippen LogP contribution in [0.1, 0.15) is 25.7 Å². The largest absolute Gasteiger partial charge is 0.393 e. The summed E-state index contributed by atoms with van der Waals surface area (Å²) >= 11 is 0. The standard InChI is InChI=1S/C7H14BNO/c8-9-5-1-2-6(9)4-7(10)3-5/h5-7,10H,1-4,8H2/t5-,6+,7-. The maximum absolute atomic E-state index is 9.38. The molecule has 2 aliphatic heterocycles. The van der Waals surface area contributed by atoms with Crippen molar-refractivity contribution in [2.45, 2.75) is 43.9 Å². The van der Waals surface area contributed by atoms with Crippen LogP contribution in [0.25, 0.3) is 0 Å². The molecule has 56 valence electrons. The van der Waals surface area contributed by atoms with Gasteiger partial charge in [-0.05, 0) is 25.7 Å². The predicted octanol–water partition coefficient (Wildman–Crippen LogP) is -0.478. The molecule has 2 aliphatic rings. The smallest absolute Gasteiger partial charge is 0.186 e. The molecule has 2 rings (SSSR count). The molecule has 0 spiro atoms. The zero-order valence-corrected chi connectivity index (χ0v) is 6.45. The second-order valence-electron chi connectivity index (χ2n) is 3.68. The van der Waals surface area contributed by atoms with Gasteiger partial charge in [0, 0.05) is 12.1 Å². The highest BCUT2D eigenvalue weighted by molar-refractivity contribution is 6.05. The summed E-state index contributed by atoms with van der Waals surface area (Å²) in [6.45, 7) is 0. The van der Waals surface area contributed by atoms with Crippen LogP contribution in [-0.4, -0.2) is 36.1 Å². The highest BCUT2D eigenvalue weighted by Crippen LogP contribution is 2.33. The Balaban J connectivity index is 2.09. The molecule has 1 N–H and O–H groups in total. The van der Waals surface area contributed by atoms with E-state index in [1.165, 1.54) is 12.8 Å². The Morgan fingerprint density at radius 3 is 2.20 bits per heavy atom. The number of rotatable bonds is 0. The lowest BCUT2D eigenvalue weighted by molar-refractivity contribution is 0.0777. The van der Waals surface area contributed by atoms with Gasteiger partial charge in [0.05, 0.1) is 6.10 Å². The second kappa shape index (κ2) is 2.24. The molecule has 2 nitrogen and oxygen atoms in total. The minimum absolute atomic E-state index is 0.00583. The third-order valence-electron chi connectivity index (χ3n) is 3.07. The van der Waals surface area contributed by atoms with Gasteiger partial charge in [-0.25, -0.2) is 0 Å². The highest BCUT2D eigenvalue weighted by atomic mass is 16.3. The molecule has 2 fully saturated rings. The van der Waals surface area contributed by atoms with Gasteiger partial charge in [-0.2, -0.15) is 0 Å². The lowest BCUT2D eigenvalue weighted by Gasteiger charge is -2.34. The van der Waals surface area contributed by atoms with Crippen LogP contribution in [0.5, 0.6) is 0 Å². The summed E-state index contributed by atoms with van der Waals surface area (Å²) in [5.74, 6) is 0. The van der Waals surface area contributed by atoms with Crippen LogP contribution in [0.15, 0.2) is 0 Å². The average molecular weight is 139 g/mol. The quantitative estimate of drug-likeness (QED) is 0.458. The van der Waals surface area contributed by atoms with Crippen molar-refractivity contribution in [1.29, 1.82) is 0 Å².